The molecule has 0 aliphatic rings. The number of carbonyl (C=O) groups excluding carboxylic acids is 1. The van der Waals surface area contributed by atoms with E-state index in [1.54, 1.807) is 48.5 Å². The van der Waals surface area contributed by atoms with Crippen LogP contribution in [0.1, 0.15) is 10.4 Å². The zero-order valence-electron chi connectivity index (χ0n) is 12.6. The fourth-order valence-electron chi connectivity index (χ4n) is 1.77. The van der Waals surface area contributed by atoms with Crippen LogP contribution in [0.2, 0.25) is 0 Å². The number of anilines is 1. The van der Waals surface area contributed by atoms with Crippen LogP contribution < -0.4 is 10.1 Å². The molecule has 0 radical (unpaired) electrons. The Labute approximate surface area is 139 Å². The quantitative estimate of drug-likeness (QED) is 0.358. The molecule has 0 fully saturated rings. The van der Waals surface area contributed by atoms with Gasteiger partial charge in [0.1, 0.15) is 5.75 Å². The molecule has 0 bridgehead atoms. The first-order valence-electron chi connectivity index (χ1n) is 6.89. The van der Waals surface area contributed by atoms with Crippen LogP contribution in [-0.4, -0.2) is 32.9 Å². The van der Waals surface area contributed by atoms with Crippen molar-refractivity contribution in [3.8, 4) is 5.75 Å². The number of benzene rings is 2. The van der Waals surface area contributed by atoms with Gasteiger partial charge >= 0.3 is 5.97 Å². The van der Waals surface area contributed by atoms with Gasteiger partial charge in [0.25, 0.3) is 0 Å². The monoisotopic (exact) mass is 351 g/mol. The van der Waals surface area contributed by atoms with Gasteiger partial charge in [-0.15, -0.1) is 0 Å². The molecule has 0 heterocycles. The minimum absolute atomic E-state index is 0.421. The lowest BCUT2D eigenvalue weighted by Crippen LogP contribution is -2.09. The van der Waals surface area contributed by atoms with Crippen LogP contribution in [0.15, 0.2) is 54.6 Å². The topological polar surface area (TPSA) is 72.5 Å². The molecule has 0 aromatic heterocycles. The molecule has 7 heteroatoms. The molecule has 23 heavy (non-hydrogen) atoms. The molecule has 0 saturated carbocycles. The Kier molecular flexibility index (Phi) is 6.06. The van der Waals surface area contributed by atoms with Crippen LogP contribution in [0.3, 0.4) is 0 Å². The van der Waals surface area contributed by atoms with E-state index >= 15 is 0 Å². The largest absolute Gasteiger partial charge is 0.423 e. The molecule has 122 valence electrons. The van der Waals surface area contributed by atoms with Gasteiger partial charge in [-0.2, -0.15) is 0 Å². The van der Waals surface area contributed by atoms with Gasteiger partial charge in [0.05, 0.1) is 5.56 Å². The standard InChI is InChI=1S/C16H17NO4S2/c1-23(19,20)22-12-11-17-14-9-7-13(8-10-14)16(18)21-15-5-3-2-4-6-15/h2-10,17H,11-12H2,1H3. The Morgan fingerprint density at radius 3 is 2.35 bits per heavy atom. The SMILES string of the molecule is CS(=O)(=O)SCCNc1ccc(C(=O)Oc2ccccc2)cc1. The van der Waals surface area contributed by atoms with Crippen LogP contribution in [0, 0.1) is 0 Å². The second-order valence-electron chi connectivity index (χ2n) is 4.73. The van der Waals surface area contributed by atoms with Crippen LogP contribution in [0.5, 0.6) is 5.75 Å². The van der Waals surface area contributed by atoms with Gasteiger partial charge in [-0.3, -0.25) is 0 Å². The molecule has 0 saturated heterocycles. The van der Waals surface area contributed by atoms with E-state index in [1.165, 1.54) is 6.26 Å². The molecule has 2 aromatic carbocycles. The predicted molar refractivity (Wildman–Crippen MR) is 93.6 cm³/mol. The summed E-state index contributed by atoms with van der Waals surface area (Å²) in [4.78, 5) is 12.0. The molecule has 2 rings (SSSR count). The van der Waals surface area contributed by atoms with Gasteiger partial charge in [-0.25, -0.2) is 13.2 Å². The van der Waals surface area contributed by atoms with E-state index in [1.807, 2.05) is 6.07 Å². The Bertz CT molecular complexity index is 743. The number of rotatable bonds is 7. The summed E-state index contributed by atoms with van der Waals surface area (Å²) >= 11 is 0. The Morgan fingerprint density at radius 1 is 1.09 bits per heavy atom. The molecular weight excluding hydrogens is 334 g/mol. The summed E-state index contributed by atoms with van der Waals surface area (Å²) < 4.78 is 27.2. The van der Waals surface area contributed by atoms with Crippen molar-refractivity contribution in [1.82, 2.24) is 0 Å². The average Bonchev–Trinajstić information content (AvgIpc) is 2.52. The third-order valence-electron chi connectivity index (χ3n) is 2.80. The first-order chi connectivity index (χ1) is 10.9. The van der Waals surface area contributed by atoms with Crippen LogP contribution in [0.4, 0.5) is 5.69 Å². The average molecular weight is 351 g/mol. The van der Waals surface area contributed by atoms with Crippen molar-refractivity contribution >= 4 is 31.3 Å². The zero-order chi connectivity index (χ0) is 16.7. The highest BCUT2D eigenvalue weighted by Crippen LogP contribution is 2.15. The maximum absolute atomic E-state index is 12.0. The fourth-order valence-corrected chi connectivity index (χ4v) is 3.41. The molecule has 0 atom stereocenters. The van der Waals surface area contributed by atoms with Crippen molar-refractivity contribution in [2.75, 3.05) is 23.9 Å². The van der Waals surface area contributed by atoms with Crippen molar-refractivity contribution in [2.45, 2.75) is 0 Å². The van der Waals surface area contributed by atoms with Crippen LogP contribution in [0.25, 0.3) is 0 Å². The lowest BCUT2D eigenvalue weighted by atomic mass is 10.2. The Balaban J connectivity index is 1.85. The van der Waals surface area contributed by atoms with Gasteiger partial charge in [0.15, 0.2) is 8.87 Å². The minimum Gasteiger partial charge on any atom is -0.423 e. The van der Waals surface area contributed by atoms with Gasteiger partial charge in [-0.05, 0) is 47.2 Å². The first kappa shape index (κ1) is 17.4. The van der Waals surface area contributed by atoms with Gasteiger partial charge in [-0.1, -0.05) is 18.2 Å². The normalized spacial score (nSPS) is 11.0. The summed E-state index contributed by atoms with van der Waals surface area (Å²) in [5, 5.41) is 3.10. The zero-order valence-corrected chi connectivity index (χ0v) is 14.2. The van der Waals surface area contributed by atoms with Crippen molar-refractivity contribution < 1.29 is 17.9 Å². The number of hydrogen-bond donors (Lipinski definition) is 1. The number of carbonyl (C=O) groups is 1. The molecule has 0 spiro atoms. The van der Waals surface area contributed by atoms with Crippen molar-refractivity contribution in [2.24, 2.45) is 0 Å². The van der Waals surface area contributed by atoms with Crippen molar-refractivity contribution in [1.29, 1.82) is 0 Å². The molecular formula is C16H17NO4S2. The molecule has 5 nitrogen and oxygen atoms in total. The second-order valence-corrected chi connectivity index (χ2v) is 9.31. The molecule has 0 unspecified atom stereocenters. The first-order valence-corrected chi connectivity index (χ1v) is 10.3. The van der Waals surface area contributed by atoms with E-state index in [4.69, 9.17) is 4.74 Å². The van der Waals surface area contributed by atoms with Gasteiger partial charge in [0.2, 0.25) is 0 Å². The molecule has 0 aliphatic carbocycles. The number of para-hydroxylation sites is 1. The van der Waals surface area contributed by atoms with Crippen molar-refractivity contribution in [3.05, 3.63) is 60.2 Å². The van der Waals surface area contributed by atoms with Crippen molar-refractivity contribution in [3.63, 3.8) is 0 Å². The smallest absolute Gasteiger partial charge is 0.343 e. The highest BCUT2D eigenvalue weighted by Gasteiger charge is 2.08. The summed E-state index contributed by atoms with van der Waals surface area (Å²) in [6.07, 6.45) is 1.19. The summed E-state index contributed by atoms with van der Waals surface area (Å²) in [6.45, 7) is 0.519. The molecule has 0 amide bonds. The predicted octanol–water partition coefficient (Wildman–Crippen LogP) is 3.01. The minimum atomic E-state index is -3.01. The van der Waals surface area contributed by atoms with E-state index < -0.39 is 14.8 Å². The molecule has 0 aliphatic heterocycles. The third-order valence-corrected chi connectivity index (χ3v) is 5.39. The summed E-state index contributed by atoms with van der Waals surface area (Å²) in [5.41, 5.74) is 1.26. The fraction of sp³-hybridized carbons (Fsp3) is 0.188. The van der Waals surface area contributed by atoms with Gasteiger partial charge in [0, 0.05) is 24.2 Å². The van der Waals surface area contributed by atoms with E-state index in [2.05, 4.69) is 5.32 Å². The Morgan fingerprint density at radius 2 is 1.74 bits per heavy atom. The summed E-state index contributed by atoms with van der Waals surface area (Å²) in [5.74, 6) is 0.532. The Hall–Kier alpha value is -1.99. The summed E-state index contributed by atoms with van der Waals surface area (Å²) in [6, 6.07) is 15.7. The highest BCUT2D eigenvalue weighted by atomic mass is 33.1. The van der Waals surface area contributed by atoms with Gasteiger partial charge < -0.3 is 10.1 Å². The second kappa shape index (κ2) is 8.03. The van der Waals surface area contributed by atoms with Crippen LogP contribution in [-0.2, 0) is 8.87 Å². The number of ether oxygens (including phenoxy) is 1. The maximum atomic E-state index is 12.0. The lowest BCUT2D eigenvalue weighted by Gasteiger charge is -2.07. The van der Waals surface area contributed by atoms with E-state index in [-0.39, 0.29) is 0 Å². The maximum Gasteiger partial charge on any atom is 0.343 e. The molecule has 2 aromatic rings. The van der Waals surface area contributed by atoms with E-state index in [0.717, 1.165) is 16.5 Å². The molecule has 1 N–H and O–H groups in total. The highest BCUT2D eigenvalue weighted by molar-refractivity contribution is 8.71. The van der Waals surface area contributed by atoms with E-state index in [0.29, 0.717) is 23.6 Å². The lowest BCUT2D eigenvalue weighted by molar-refractivity contribution is 0.0735. The number of hydrogen-bond acceptors (Lipinski definition) is 6. The number of esters is 1. The third kappa shape index (κ3) is 6.33. The number of nitrogens with one attached hydrogen (secondary N) is 1. The van der Waals surface area contributed by atoms with E-state index in [9.17, 15) is 13.2 Å². The summed E-state index contributed by atoms with van der Waals surface area (Å²) in [7, 11) is -2.11. The van der Waals surface area contributed by atoms with Crippen LogP contribution >= 0.6 is 10.8 Å².